The van der Waals surface area contributed by atoms with Gasteiger partial charge in [-0.3, -0.25) is 4.90 Å². The normalized spacial score (nSPS) is 23.2. The summed E-state index contributed by atoms with van der Waals surface area (Å²) in [7, 11) is 1.40. The number of esters is 1. The maximum Gasteiger partial charge on any atom is 0.338 e. The van der Waals surface area contributed by atoms with Crippen LogP contribution in [0.3, 0.4) is 0 Å². The van der Waals surface area contributed by atoms with Crippen molar-refractivity contribution < 1.29 is 9.53 Å². The molecule has 19 heavy (non-hydrogen) atoms. The molecular weight excluding hydrogens is 242 g/mol. The summed E-state index contributed by atoms with van der Waals surface area (Å²) in [6, 6.07) is 4.18. The van der Waals surface area contributed by atoms with Crippen molar-refractivity contribution in [2.24, 2.45) is 0 Å². The van der Waals surface area contributed by atoms with E-state index in [1.807, 2.05) is 6.07 Å². The lowest BCUT2D eigenvalue weighted by molar-refractivity contribution is 0.0600. The number of hydrogen-bond acceptors (Lipinski definition) is 5. The summed E-state index contributed by atoms with van der Waals surface area (Å²) in [5.41, 5.74) is 0.571. The maximum atomic E-state index is 11.6. The molecule has 0 bridgehead atoms. The van der Waals surface area contributed by atoms with E-state index in [1.54, 1.807) is 12.3 Å². The minimum Gasteiger partial charge on any atom is -0.465 e. The number of fused-ring (bicyclic) bond motifs is 1. The molecule has 2 aliphatic heterocycles. The van der Waals surface area contributed by atoms with Crippen LogP contribution < -0.4 is 4.90 Å². The zero-order chi connectivity index (χ0) is 13.2. The van der Waals surface area contributed by atoms with E-state index in [0.717, 1.165) is 25.5 Å². The van der Waals surface area contributed by atoms with Crippen molar-refractivity contribution in [3.8, 4) is 0 Å². The number of aromatic nitrogens is 1. The van der Waals surface area contributed by atoms with Crippen LogP contribution in [0.2, 0.25) is 0 Å². The van der Waals surface area contributed by atoms with Gasteiger partial charge in [-0.05, 0) is 31.5 Å². The highest BCUT2D eigenvalue weighted by Crippen LogP contribution is 2.24. The lowest BCUT2D eigenvalue weighted by Gasteiger charge is -2.38. The van der Waals surface area contributed by atoms with Gasteiger partial charge in [0.2, 0.25) is 0 Å². The largest absolute Gasteiger partial charge is 0.465 e. The fraction of sp³-hybridized carbons (Fsp3) is 0.571. The molecule has 1 aromatic heterocycles. The summed E-state index contributed by atoms with van der Waals surface area (Å²) in [5, 5.41) is 0. The number of carbonyl (C=O) groups excluding carboxylic acids is 1. The lowest BCUT2D eigenvalue weighted by atomic mass is 10.1. The van der Waals surface area contributed by atoms with Gasteiger partial charge in [0.25, 0.3) is 0 Å². The molecule has 2 saturated heterocycles. The first kappa shape index (κ1) is 12.4. The van der Waals surface area contributed by atoms with Gasteiger partial charge in [-0.25, -0.2) is 9.78 Å². The molecule has 2 fully saturated rings. The van der Waals surface area contributed by atoms with Gasteiger partial charge in [0.1, 0.15) is 5.82 Å². The maximum absolute atomic E-state index is 11.6. The van der Waals surface area contributed by atoms with Crippen LogP contribution in [0.4, 0.5) is 5.82 Å². The van der Waals surface area contributed by atoms with Gasteiger partial charge < -0.3 is 9.64 Å². The molecular formula is C14H19N3O2. The first-order valence-corrected chi connectivity index (χ1v) is 6.81. The van der Waals surface area contributed by atoms with Crippen LogP contribution in [0.15, 0.2) is 18.3 Å². The van der Waals surface area contributed by atoms with E-state index in [0.29, 0.717) is 11.6 Å². The molecule has 3 rings (SSSR count). The summed E-state index contributed by atoms with van der Waals surface area (Å²) in [5.74, 6) is 0.581. The third-order valence-corrected chi connectivity index (χ3v) is 4.08. The fourth-order valence-corrected chi connectivity index (χ4v) is 3.04. The fourth-order valence-electron chi connectivity index (χ4n) is 3.04. The molecule has 1 aromatic rings. The van der Waals surface area contributed by atoms with Crippen LogP contribution in [0.1, 0.15) is 23.2 Å². The first-order chi connectivity index (χ1) is 9.28. The van der Waals surface area contributed by atoms with Crippen molar-refractivity contribution >= 4 is 11.8 Å². The average molecular weight is 261 g/mol. The second-order valence-electron chi connectivity index (χ2n) is 5.17. The van der Waals surface area contributed by atoms with E-state index in [-0.39, 0.29) is 5.97 Å². The Labute approximate surface area is 113 Å². The van der Waals surface area contributed by atoms with Crippen molar-refractivity contribution in [2.75, 3.05) is 38.2 Å². The van der Waals surface area contributed by atoms with Crippen molar-refractivity contribution in [2.45, 2.75) is 18.9 Å². The van der Waals surface area contributed by atoms with E-state index in [9.17, 15) is 4.79 Å². The third kappa shape index (κ3) is 2.42. The van der Waals surface area contributed by atoms with Crippen molar-refractivity contribution in [3.63, 3.8) is 0 Å². The molecule has 1 atom stereocenters. The number of methoxy groups -OCH3 is 1. The average Bonchev–Trinajstić information content (AvgIpc) is 2.94. The zero-order valence-electron chi connectivity index (χ0n) is 11.2. The molecule has 1 unspecified atom stereocenters. The summed E-state index contributed by atoms with van der Waals surface area (Å²) >= 11 is 0. The standard InChI is InChI=1S/C14H19N3O2/c1-19-14(18)11-4-5-15-13(9-11)17-8-7-16-6-2-3-12(16)10-17/h4-5,9,12H,2-3,6-8,10H2,1H3. The number of carbonyl (C=O) groups is 1. The molecule has 102 valence electrons. The predicted molar refractivity (Wildman–Crippen MR) is 72.4 cm³/mol. The quantitative estimate of drug-likeness (QED) is 0.747. The molecule has 0 radical (unpaired) electrons. The molecule has 5 nitrogen and oxygen atoms in total. The van der Waals surface area contributed by atoms with E-state index in [1.165, 1.54) is 26.5 Å². The Morgan fingerprint density at radius 1 is 1.42 bits per heavy atom. The van der Waals surface area contributed by atoms with Crippen LogP contribution >= 0.6 is 0 Å². The number of rotatable bonds is 2. The summed E-state index contributed by atoms with van der Waals surface area (Å²) in [6.45, 7) is 4.31. The number of nitrogens with zero attached hydrogens (tertiary/aromatic N) is 3. The number of anilines is 1. The topological polar surface area (TPSA) is 45.7 Å². The molecule has 0 spiro atoms. The highest BCUT2D eigenvalue weighted by molar-refractivity contribution is 5.90. The molecule has 5 heteroatoms. The van der Waals surface area contributed by atoms with Gasteiger partial charge >= 0.3 is 5.97 Å². The Balaban J connectivity index is 1.76. The number of hydrogen-bond donors (Lipinski definition) is 0. The minimum absolute atomic E-state index is 0.303. The molecule has 3 heterocycles. The van der Waals surface area contributed by atoms with Gasteiger partial charge in [0.05, 0.1) is 12.7 Å². The zero-order valence-corrected chi connectivity index (χ0v) is 11.2. The second-order valence-corrected chi connectivity index (χ2v) is 5.17. The Hall–Kier alpha value is -1.62. The van der Waals surface area contributed by atoms with E-state index >= 15 is 0 Å². The van der Waals surface area contributed by atoms with Gasteiger partial charge in [0.15, 0.2) is 0 Å². The minimum atomic E-state index is -0.303. The van der Waals surface area contributed by atoms with Gasteiger partial charge in [-0.15, -0.1) is 0 Å². The van der Waals surface area contributed by atoms with Crippen molar-refractivity contribution in [1.82, 2.24) is 9.88 Å². The van der Waals surface area contributed by atoms with Crippen LogP contribution in [0, 0.1) is 0 Å². The number of piperazine rings is 1. The summed E-state index contributed by atoms with van der Waals surface area (Å²) < 4.78 is 4.75. The molecule has 2 aliphatic rings. The monoisotopic (exact) mass is 261 g/mol. The van der Waals surface area contributed by atoms with Crippen molar-refractivity contribution in [1.29, 1.82) is 0 Å². The van der Waals surface area contributed by atoms with E-state index < -0.39 is 0 Å². The summed E-state index contributed by atoms with van der Waals surface area (Å²) in [4.78, 5) is 20.8. The van der Waals surface area contributed by atoms with Gasteiger partial charge in [0, 0.05) is 31.9 Å². The molecule has 0 aliphatic carbocycles. The molecule has 0 saturated carbocycles. The van der Waals surface area contributed by atoms with Crippen LogP contribution in [0.5, 0.6) is 0 Å². The van der Waals surface area contributed by atoms with Crippen LogP contribution in [-0.2, 0) is 4.74 Å². The van der Waals surface area contributed by atoms with Crippen molar-refractivity contribution in [3.05, 3.63) is 23.9 Å². The SMILES string of the molecule is COC(=O)c1ccnc(N2CCN3CCCC3C2)c1. The van der Waals surface area contributed by atoms with Gasteiger partial charge in [-0.1, -0.05) is 0 Å². The highest BCUT2D eigenvalue weighted by Gasteiger charge is 2.31. The van der Waals surface area contributed by atoms with Crippen LogP contribution in [-0.4, -0.2) is 55.2 Å². The summed E-state index contributed by atoms with van der Waals surface area (Å²) in [6.07, 6.45) is 4.25. The van der Waals surface area contributed by atoms with E-state index in [4.69, 9.17) is 4.74 Å². The number of pyridine rings is 1. The highest BCUT2D eigenvalue weighted by atomic mass is 16.5. The Morgan fingerprint density at radius 3 is 3.16 bits per heavy atom. The predicted octanol–water partition coefficient (Wildman–Crippen LogP) is 1.15. The van der Waals surface area contributed by atoms with E-state index in [2.05, 4.69) is 14.8 Å². The Morgan fingerprint density at radius 2 is 2.32 bits per heavy atom. The second kappa shape index (κ2) is 5.17. The first-order valence-electron chi connectivity index (χ1n) is 6.81. The lowest BCUT2D eigenvalue weighted by Crippen LogP contribution is -2.50. The molecule has 0 amide bonds. The smallest absolute Gasteiger partial charge is 0.338 e. The van der Waals surface area contributed by atoms with Crippen LogP contribution in [0.25, 0.3) is 0 Å². The molecule has 0 N–H and O–H groups in total. The molecule has 0 aromatic carbocycles. The Kier molecular flexibility index (Phi) is 3.38. The Bertz CT molecular complexity index is 478. The van der Waals surface area contributed by atoms with Gasteiger partial charge in [-0.2, -0.15) is 0 Å². The number of ether oxygens (including phenoxy) is 1. The third-order valence-electron chi connectivity index (χ3n) is 4.08.